The second kappa shape index (κ2) is 5.49. The molecule has 1 atom stereocenters. The maximum atomic E-state index is 5.45. The fourth-order valence-electron chi connectivity index (χ4n) is 0.699. The Bertz CT molecular complexity index is 125. The maximum Gasteiger partial charge on any atom is 0.0753 e. The lowest BCUT2D eigenvalue weighted by Crippen LogP contribution is -2.20. The van der Waals surface area contributed by atoms with E-state index in [4.69, 9.17) is 22.7 Å². The highest BCUT2D eigenvalue weighted by Gasteiger charge is 2.04. The van der Waals surface area contributed by atoms with Crippen LogP contribution in [0.15, 0.2) is 0 Å². The summed E-state index contributed by atoms with van der Waals surface area (Å²) >= 11 is 4.75. The first-order chi connectivity index (χ1) is 5.02. The Hall–Kier alpha value is -0.150. The zero-order chi connectivity index (χ0) is 8.85. The van der Waals surface area contributed by atoms with E-state index >= 15 is 0 Å². The molecule has 0 saturated heterocycles. The summed E-state index contributed by atoms with van der Waals surface area (Å²) in [5.74, 6) is 0.573. The van der Waals surface area contributed by atoms with E-state index in [2.05, 4.69) is 13.8 Å². The van der Waals surface area contributed by atoms with Crippen molar-refractivity contribution in [3.05, 3.63) is 0 Å². The molecule has 2 nitrogen and oxygen atoms in total. The minimum atomic E-state index is 0.162. The molecule has 0 amide bonds. The van der Waals surface area contributed by atoms with E-state index in [1.807, 2.05) is 6.92 Å². The highest BCUT2D eigenvalue weighted by Crippen LogP contribution is 2.01. The Morgan fingerprint density at radius 1 is 1.45 bits per heavy atom. The molecule has 0 aromatic heterocycles. The first-order valence-corrected chi connectivity index (χ1v) is 4.33. The van der Waals surface area contributed by atoms with Crippen molar-refractivity contribution in [3.8, 4) is 0 Å². The molecule has 0 saturated carbocycles. The molecule has 66 valence electrons. The van der Waals surface area contributed by atoms with E-state index in [0.717, 1.165) is 6.61 Å². The van der Waals surface area contributed by atoms with Gasteiger partial charge in [0.25, 0.3) is 0 Å². The molecule has 0 rings (SSSR count). The van der Waals surface area contributed by atoms with Crippen molar-refractivity contribution in [2.45, 2.75) is 33.3 Å². The van der Waals surface area contributed by atoms with Crippen molar-refractivity contribution in [3.63, 3.8) is 0 Å². The lowest BCUT2D eigenvalue weighted by atomic mass is 10.2. The minimum absolute atomic E-state index is 0.162. The normalized spacial score (nSPS) is 13.5. The molecule has 1 unspecified atom stereocenters. The van der Waals surface area contributed by atoms with E-state index in [0.29, 0.717) is 17.3 Å². The standard InChI is InChI=1S/C8H17NOS/c1-6(2)5-10-7(3)4-8(9)11/h6-7H,4-5H2,1-3H3,(H2,9,11). The van der Waals surface area contributed by atoms with Crippen LogP contribution in [-0.2, 0) is 4.74 Å². The third kappa shape index (κ3) is 7.75. The second-order valence-corrected chi connectivity index (χ2v) is 3.73. The van der Waals surface area contributed by atoms with Crippen LogP contribution >= 0.6 is 12.2 Å². The molecular formula is C8H17NOS. The average Bonchev–Trinajstić information content (AvgIpc) is 1.82. The average molecular weight is 175 g/mol. The molecule has 0 heterocycles. The summed E-state index contributed by atoms with van der Waals surface area (Å²) in [6.07, 6.45) is 0.845. The monoisotopic (exact) mass is 175 g/mol. The molecule has 0 fully saturated rings. The quantitative estimate of drug-likeness (QED) is 0.646. The van der Waals surface area contributed by atoms with Crippen LogP contribution in [0.4, 0.5) is 0 Å². The Balaban J connectivity index is 3.37. The van der Waals surface area contributed by atoms with Gasteiger partial charge >= 0.3 is 0 Å². The number of nitrogens with two attached hydrogens (primary N) is 1. The number of thiocarbonyl (C=S) groups is 1. The topological polar surface area (TPSA) is 35.2 Å². The second-order valence-electron chi connectivity index (χ2n) is 3.21. The van der Waals surface area contributed by atoms with Crippen LogP contribution in [0.2, 0.25) is 0 Å². The molecule has 11 heavy (non-hydrogen) atoms. The molecule has 0 aromatic rings. The van der Waals surface area contributed by atoms with Gasteiger partial charge in [0.05, 0.1) is 11.1 Å². The van der Waals surface area contributed by atoms with Crippen molar-refractivity contribution in [1.82, 2.24) is 0 Å². The summed E-state index contributed by atoms with van der Waals surface area (Å²) in [6.45, 7) is 7.01. The number of rotatable bonds is 5. The number of hydrogen-bond donors (Lipinski definition) is 1. The van der Waals surface area contributed by atoms with Crippen LogP contribution in [0, 0.1) is 5.92 Å². The van der Waals surface area contributed by atoms with E-state index in [1.54, 1.807) is 0 Å². The highest BCUT2D eigenvalue weighted by atomic mass is 32.1. The molecule has 0 aliphatic carbocycles. The van der Waals surface area contributed by atoms with Crippen LogP contribution in [0.25, 0.3) is 0 Å². The summed E-state index contributed by atoms with van der Waals surface area (Å²) in [6, 6.07) is 0. The van der Waals surface area contributed by atoms with Crippen molar-refractivity contribution in [1.29, 1.82) is 0 Å². The number of ether oxygens (including phenoxy) is 1. The lowest BCUT2D eigenvalue weighted by molar-refractivity contribution is 0.0523. The summed E-state index contributed by atoms with van der Waals surface area (Å²) in [5.41, 5.74) is 5.35. The van der Waals surface area contributed by atoms with Gasteiger partial charge in [-0.3, -0.25) is 0 Å². The Morgan fingerprint density at radius 3 is 2.36 bits per heavy atom. The molecule has 0 bridgehead atoms. The first-order valence-electron chi connectivity index (χ1n) is 3.92. The van der Waals surface area contributed by atoms with Gasteiger partial charge in [0.1, 0.15) is 0 Å². The summed E-state index contributed by atoms with van der Waals surface area (Å²) in [5, 5.41) is 0. The largest absolute Gasteiger partial charge is 0.393 e. The molecule has 0 aliphatic heterocycles. The smallest absolute Gasteiger partial charge is 0.0753 e. The summed E-state index contributed by atoms with van der Waals surface area (Å²) < 4.78 is 5.45. The fraction of sp³-hybridized carbons (Fsp3) is 0.875. The zero-order valence-corrected chi connectivity index (χ0v) is 8.28. The van der Waals surface area contributed by atoms with Gasteiger partial charge in [-0.25, -0.2) is 0 Å². The Labute approximate surface area is 74.1 Å². The number of hydrogen-bond acceptors (Lipinski definition) is 2. The van der Waals surface area contributed by atoms with Gasteiger partial charge in [0, 0.05) is 13.0 Å². The highest BCUT2D eigenvalue weighted by molar-refractivity contribution is 7.80. The van der Waals surface area contributed by atoms with Gasteiger partial charge in [-0.15, -0.1) is 0 Å². The molecule has 0 aromatic carbocycles. The lowest BCUT2D eigenvalue weighted by Gasteiger charge is -2.13. The SMILES string of the molecule is CC(C)COC(C)CC(N)=S. The van der Waals surface area contributed by atoms with Crippen LogP contribution < -0.4 is 5.73 Å². The van der Waals surface area contributed by atoms with Crippen LogP contribution in [0.5, 0.6) is 0 Å². The van der Waals surface area contributed by atoms with E-state index < -0.39 is 0 Å². The van der Waals surface area contributed by atoms with Gasteiger partial charge in [0.15, 0.2) is 0 Å². The molecule has 0 aliphatic rings. The van der Waals surface area contributed by atoms with E-state index in [-0.39, 0.29) is 6.10 Å². The van der Waals surface area contributed by atoms with Gasteiger partial charge in [-0.05, 0) is 12.8 Å². The maximum absolute atomic E-state index is 5.45. The molecule has 0 spiro atoms. The van der Waals surface area contributed by atoms with E-state index in [1.165, 1.54) is 0 Å². The Kier molecular flexibility index (Phi) is 5.42. The van der Waals surface area contributed by atoms with Gasteiger partial charge in [-0.2, -0.15) is 0 Å². The molecule has 2 N–H and O–H groups in total. The molecule has 3 heteroatoms. The van der Waals surface area contributed by atoms with E-state index in [9.17, 15) is 0 Å². The molecular weight excluding hydrogens is 158 g/mol. The van der Waals surface area contributed by atoms with Crippen molar-refractivity contribution in [2.24, 2.45) is 11.7 Å². The fourth-order valence-corrected chi connectivity index (χ4v) is 0.934. The van der Waals surface area contributed by atoms with Crippen molar-refractivity contribution >= 4 is 17.2 Å². The third-order valence-electron chi connectivity index (χ3n) is 1.20. The van der Waals surface area contributed by atoms with Crippen LogP contribution in [0.3, 0.4) is 0 Å². The predicted molar refractivity (Wildman–Crippen MR) is 51.7 cm³/mol. The minimum Gasteiger partial charge on any atom is -0.393 e. The third-order valence-corrected chi connectivity index (χ3v) is 1.37. The molecule has 0 radical (unpaired) electrons. The van der Waals surface area contributed by atoms with Crippen molar-refractivity contribution < 1.29 is 4.74 Å². The predicted octanol–water partition coefficient (Wildman–Crippen LogP) is 1.72. The van der Waals surface area contributed by atoms with Gasteiger partial charge in [0.2, 0.25) is 0 Å². The first kappa shape index (κ1) is 10.8. The van der Waals surface area contributed by atoms with Crippen LogP contribution in [0.1, 0.15) is 27.2 Å². The summed E-state index contributed by atoms with van der Waals surface area (Å²) in [4.78, 5) is 0.529. The van der Waals surface area contributed by atoms with Gasteiger partial charge < -0.3 is 10.5 Å². The summed E-state index contributed by atoms with van der Waals surface area (Å²) in [7, 11) is 0. The zero-order valence-electron chi connectivity index (χ0n) is 7.46. The Morgan fingerprint density at radius 2 is 2.00 bits per heavy atom. The van der Waals surface area contributed by atoms with Gasteiger partial charge in [-0.1, -0.05) is 26.1 Å². The van der Waals surface area contributed by atoms with Crippen LogP contribution in [-0.4, -0.2) is 17.7 Å². The van der Waals surface area contributed by atoms with Crippen molar-refractivity contribution in [2.75, 3.05) is 6.61 Å².